The summed E-state index contributed by atoms with van der Waals surface area (Å²) in [7, 11) is 0. The number of benzene rings is 2. The van der Waals surface area contributed by atoms with Crippen molar-refractivity contribution in [3.8, 4) is 11.5 Å². The molecule has 2 aromatic rings. The molecule has 128 valence electrons. The second-order valence-electron chi connectivity index (χ2n) is 5.18. The Morgan fingerprint density at radius 1 is 1.00 bits per heavy atom. The molecule has 0 aliphatic carbocycles. The number of thioether (sulfide) groups is 1. The van der Waals surface area contributed by atoms with E-state index in [2.05, 4.69) is 5.32 Å². The molecule has 0 atom stereocenters. The van der Waals surface area contributed by atoms with E-state index in [4.69, 9.17) is 9.47 Å². The molecule has 0 fully saturated rings. The molecule has 1 amide bonds. The van der Waals surface area contributed by atoms with Gasteiger partial charge in [-0.05, 0) is 45.0 Å². The zero-order valence-electron chi connectivity index (χ0n) is 14.3. The van der Waals surface area contributed by atoms with Gasteiger partial charge in [-0.25, -0.2) is 0 Å². The minimum absolute atomic E-state index is 0.0489. The molecule has 0 aliphatic heterocycles. The van der Waals surface area contributed by atoms with Crippen LogP contribution in [-0.4, -0.2) is 24.9 Å². The molecule has 24 heavy (non-hydrogen) atoms. The molecule has 2 rings (SSSR count). The fraction of sp³-hybridized carbons (Fsp3) is 0.316. The van der Waals surface area contributed by atoms with Crippen molar-refractivity contribution in [2.75, 3.05) is 24.3 Å². The summed E-state index contributed by atoms with van der Waals surface area (Å²) in [6.07, 6.45) is 0. The lowest BCUT2D eigenvalue weighted by atomic mass is 10.2. The summed E-state index contributed by atoms with van der Waals surface area (Å²) in [5.74, 6) is 1.64. The van der Waals surface area contributed by atoms with Crippen LogP contribution in [0.3, 0.4) is 0 Å². The van der Waals surface area contributed by atoms with Gasteiger partial charge in [-0.2, -0.15) is 0 Å². The van der Waals surface area contributed by atoms with Crippen LogP contribution >= 0.6 is 11.8 Å². The van der Waals surface area contributed by atoms with Crippen molar-refractivity contribution in [3.05, 3.63) is 48.0 Å². The average molecular weight is 345 g/mol. The quantitative estimate of drug-likeness (QED) is 0.715. The van der Waals surface area contributed by atoms with Crippen LogP contribution in [-0.2, 0) is 4.79 Å². The van der Waals surface area contributed by atoms with Crippen molar-refractivity contribution in [2.24, 2.45) is 0 Å². The summed E-state index contributed by atoms with van der Waals surface area (Å²) in [5.41, 5.74) is 1.91. The SMILES string of the molecule is CCOc1ccc(NC(=O)CSc2ccc(C)cc2)cc1OCC. The molecule has 0 radical (unpaired) electrons. The largest absolute Gasteiger partial charge is 0.490 e. The lowest BCUT2D eigenvalue weighted by Gasteiger charge is -2.13. The van der Waals surface area contributed by atoms with E-state index in [9.17, 15) is 4.79 Å². The molecule has 2 aromatic carbocycles. The van der Waals surface area contributed by atoms with Crippen LogP contribution in [0.4, 0.5) is 5.69 Å². The summed E-state index contributed by atoms with van der Waals surface area (Å²) in [6, 6.07) is 13.6. The number of rotatable bonds is 8. The molecular weight excluding hydrogens is 322 g/mol. The normalized spacial score (nSPS) is 10.3. The first-order valence-corrected chi connectivity index (χ1v) is 9.00. The third kappa shape index (κ3) is 5.49. The van der Waals surface area contributed by atoms with E-state index >= 15 is 0 Å². The zero-order chi connectivity index (χ0) is 17.4. The van der Waals surface area contributed by atoms with Gasteiger partial charge in [0, 0.05) is 16.6 Å². The van der Waals surface area contributed by atoms with Crippen LogP contribution in [0.2, 0.25) is 0 Å². The maximum atomic E-state index is 12.1. The van der Waals surface area contributed by atoms with Crippen molar-refractivity contribution in [1.29, 1.82) is 0 Å². The number of amides is 1. The highest BCUT2D eigenvalue weighted by Gasteiger charge is 2.09. The molecule has 0 aromatic heterocycles. The smallest absolute Gasteiger partial charge is 0.234 e. The highest BCUT2D eigenvalue weighted by Crippen LogP contribution is 2.30. The molecular formula is C19H23NO3S. The Kier molecular flexibility index (Phi) is 7.00. The van der Waals surface area contributed by atoms with Crippen molar-refractivity contribution >= 4 is 23.4 Å². The maximum absolute atomic E-state index is 12.1. The topological polar surface area (TPSA) is 47.6 Å². The molecule has 0 unspecified atom stereocenters. The highest BCUT2D eigenvalue weighted by molar-refractivity contribution is 8.00. The number of hydrogen-bond acceptors (Lipinski definition) is 4. The van der Waals surface area contributed by atoms with Gasteiger partial charge >= 0.3 is 0 Å². The minimum Gasteiger partial charge on any atom is -0.490 e. The van der Waals surface area contributed by atoms with Crippen LogP contribution in [0.25, 0.3) is 0 Å². The molecule has 1 N–H and O–H groups in total. The molecule has 0 bridgehead atoms. The lowest BCUT2D eigenvalue weighted by Crippen LogP contribution is -2.14. The van der Waals surface area contributed by atoms with Crippen LogP contribution in [0.15, 0.2) is 47.4 Å². The van der Waals surface area contributed by atoms with E-state index in [1.165, 1.54) is 17.3 Å². The summed E-state index contributed by atoms with van der Waals surface area (Å²) in [5, 5.41) is 2.90. The van der Waals surface area contributed by atoms with E-state index in [-0.39, 0.29) is 5.91 Å². The predicted octanol–water partition coefficient (Wildman–Crippen LogP) is 4.52. The second-order valence-corrected chi connectivity index (χ2v) is 6.23. The molecule has 0 spiro atoms. The Labute approximate surface area is 147 Å². The Morgan fingerprint density at radius 2 is 1.67 bits per heavy atom. The molecule has 5 heteroatoms. The molecule has 0 saturated carbocycles. The summed E-state index contributed by atoms with van der Waals surface area (Å²) >= 11 is 1.51. The molecule has 0 aliphatic rings. The van der Waals surface area contributed by atoms with Crippen LogP contribution in [0, 0.1) is 6.92 Å². The number of hydrogen-bond donors (Lipinski definition) is 1. The van der Waals surface area contributed by atoms with Gasteiger partial charge in [0.15, 0.2) is 11.5 Å². The van der Waals surface area contributed by atoms with Crippen molar-refractivity contribution < 1.29 is 14.3 Å². The Balaban J connectivity index is 1.95. The van der Waals surface area contributed by atoms with Crippen molar-refractivity contribution in [3.63, 3.8) is 0 Å². The Morgan fingerprint density at radius 3 is 2.33 bits per heavy atom. The summed E-state index contributed by atoms with van der Waals surface area (Å²) < 4.78 is 11.1. The fourth-order valence-electron chi connectivity index (χ4n) is 2.11. The van der Waals surface area contributed by atoms with Crippen LogP contribution in [0.5, 0.6) is 11.5 Å². The monoisotopic (exact) mass is 345 g/mol. The number of nitrogens with one attached hydrogen (secondary N) is 1. The van der Waals surface area contributed by atoms with Gasteiger partial charge in [-0.3, -0.25) is 4.79 Å². The van der Waals surface area contributed by atoms with Gasteiger partial charge in [0.25, 0.3) is 0 Å². The van der Waals surface area contributed by atoms with Gasteiger partial charge < -0.3 is 14.8 Å². The van der Waals surface area contributed by atoms with E-state index in [1.807, 2.05) is 57.2 Å². The predicted molar refractivity (Wildman–Crippen MR) is 99.3 cm³/mol. The van der Waals surface area contributed by atoms with Gasteiger partial charge in [0.05, 0.1) is 19.0 Å². The summed E-state index contributed by atoms with van der Waals surface area (Å²) in [6.45, 7) is 7.00. The van der Waals surface area contributed by atoms with Crippen molar-refractivity contribution in [1.82, 2.24) is 0 Å². The minimum atomic E-state index is -0.0489. The van der Waals surface area contributed by atoms with Crippen molar-refractivity contribution in [2.45, 2.75) is 25.7 Å². The number of anilines is 1. The first kappa shape index (κ1) is 18.2. The van der Waals surface area contributed by atoms with Crippen LogP contribution in [0.1, 0.15) is 19.4 Å². The first-order valence-electron chi connectivity index (χ1n) is 8.01. The van der Waals surface area contributed by atoms with Crippen LogP contribution < -0.4 is 14.8 Å². The molecule has 0 saturated heterocycles. The second kappa shape index (κ2) is 9.23. The Bertz CT molecular complexity index is 671. The standard InChI is InChI=1S/C19H23NO3S/c1-4-22-17-11-8-15(12-18(17)23-5-2)20-19(21)13-24-16-9-6-14(3)7-10-16/h6-12H,4-5,13H2,1-3H3,(H,20,21). The van der Waals surface area contributed by atoms with E-state index in [0.29, 0.717) is 36.2 Å². The van der Waals surface area contributed by atoms with Gasteiger partial charge in [0.1, 0.15) is 0 Å². The third-order valence-electron chi connectivity index (χ3n) is 3.22. The van der Waals surface area contributed by atoms with Gasteiger partial charge in [-0.15, -0.1) is 11.8 Å². The Hall–Kier alpha value is -2.14. The maximum Gasteiger partial charge on any atom is 0.234 e. The number of carbonyl (C=O) groups is 1. The van der Waals surface area contributed by atoms with E-state index in [1.54, 1.807) is 6.07 Å². The fourth-order valence-corrected chi connectivity index (χ4v) is 2.81. The van der Waals surface area contributed by atoms with Gasteiger partial charge in [-0.1, -0.05) is 17.7 Å². The number of carbonyl (C=O) groups excluding carboxylic acids is 1. The van der Waals surface area contributed by atoms with E-state index in [0.717, 1.165) is 4.90 Å². The lowest BCUT2D eigenvalue weighted by molar-refractivity contribution is -0.113. The third-order valence-corrected chi connectivity index (χ3v) is 4.23. The van der Waals surface area contributed by atoms with Gasteiger partial charge in [0.2, 0.25) is 5.91 Å². The zero-order valence-corrected chi connectivity index (χ0v) is 15.1. The van der Waals surface area contributed by atoms with E-state index < -0.39 is 0 Å². The average Bonchev–Trinajstić information content (AvgIpc) is 2.57. The number of aryl methyl sites for hydroxylation is 1. The molecule has 4 nitrogen and oxygen atoms in total. The number of ether oxygens (including phenoxy) is 2. The molecule has 0 heterocycles. The first-order chi connectivity index (χ1) is 11.6. The summed E-state index contributed by atoms with van der Waals surface area (Å²) in [4.78, 5) is 13.2. The highest BCUT2D eigenvalue weighted by atomic mass is 32.2.